The number of halogens is 2. The van der Waals surface area contributed by atoms with Crippen LogP contribution in [-0.2, 0) is 4.79 Å². The van der Waals surface area contributed by atoms with Gasteiger partial charge in [0.1, 0.15) is 11.6 Å². The molecular formula is C30H28Br2N4O3. The van der Waals surface area contributed by atoms with Crippen LogP contribution in [0.5, 0.6) is 5.75 Å². The predicted octanol–water partition coefficient (Wildman–Crippen LogP) is 7.18. The van der Waals surface area contributed by atoms with Crippen LogP contribution < -0.4 is 15.6 Å². The second-order valence-electron chi connectivity index (χ2n) is 9.71. The lowest BCUT2D eigenvalue weighted by atomic mass is 9.88. The number of aryl methyl sites for hydroxylation is 1. The number of nitrogens with zero attached hydrogens (tertiary/aromatic N) is 3. The Balaban J connectivity index is 1.44. The lowest BCUT2D eigenvalue weighted by Gasteiger charge is -2.22. The van der Waals surface area contributed by atoms with Gasteiger partial charge in [0.2, 0.25) is 0 Å². The zero-order valence-electron chi connectivity index (χ0n) is 21.5. The molecule has 0 radical (unpaired) electrons. The van der Waals surface area contributed by atoms with Crippen molar-refractivity contribution in [2.45, 2.75) is 44.9 Å². The van der Waals surface area contributed by atoms with Crippen molar-refractivity contribution in [3.8, 4) is 5.75 Å². The van der Waals surface area contributed by atoms with E-state index in [4.69, 9.17) is 9.72 Å². The van der Waals surface area contributed by atoms with Crippen LogP contribution >= 0.6 is 31.9 Å². The van der Waals surface area contributed by atoms with Crippen molar-refractivity contribution in [2.75, 3.05) is 11.9 Å². The quantitative estimate of drug-likeness (QED) is 0.215. The summed E-state index contributed by atoms with van der Waals surface area (Å²) >= 11 is 6.97. The highest BCUT2D eigenvalue weighted by molar-refractivity contribution is 9.10. The third kappa shape index (κ3) is 6.65. The molecule has 7 nitrogen and oxygen atoms in total. The van der Waals surface area contributed by atoms with E-state index < -0.39 is 0 Å². The number of ether oxygens (including phenoxy) is 1. The molecule has 1 aliphatic rings. The van der Waals surface area contributed by atoms with Crippen molar-refractivity contribution in [2.24, 2.45) is 5.10 Å². The largest absolute Gasteiger partial charge is 0.483 e. The summed E-state index contributed by atoms with van der Waals surface area (Å²) in [6, 6.07) is 18.5. The average Bonchev–Trinajstić information content (AvgIpc) is 2.94. The summed E-state index contributed by atoms with van der Waals surface area (Å²) in [5, 5.41) is 7.97. The van der Waals surface area contributed by atoms with Gasteiger partial charge in [0.05, 0.1) is 17.1 Å². The molecule has 200 valence electrons. The molecule has 3 aromatic carbocycles. The summed E-state index contributed by atoms with van der Waals surface area (Å²) in [7, 11) is 0. The second-order valence-corrected chi connectivity index (χ2v) is 11.5. The topological polar surface area (TPSA) is 85.6 Å². The molecule has 1 N–H and O–H groups in total. The van der Waals surface area contributed by atoms with Crippen LogP contribution in [0.1, 0.15) is 55.0 Å². The highest BCUT2D eigenvalue weighted by Gasteiger charge is 2.22. The van der Waals surface area contributed by atoms with Crippen LogP contribution in [0.4, 0.5) is 5.69 Å². The number of hydrogen-bond acceptors (Lipinski definition) is 5. The van der Waals surface area contributed by atoms with Gasteiger partial charge in [0, 0.05) is 26.1 Å². The van der Waals surface area contributed by atoms with Crippen molar-refractivity contribution in [1.82, 2.24) is 9.66 Å². The molecule has 1 saturated carbocycles. The van der Waals surface area contributed by atoms with Crippen LogP contribution in [0.3, 0.4) is 0 Å². The second kappa shape index (κ2) is 12.3. The molecule has 0 aliphatic heterocycles. The summed E-state index contributed by atoms with van der Waals surface area (Å²) in [6.45, 7) is 1.82. The molecule has 1 amide bonds. The van der Waals surface area contributed by atoms with E-state index in [0.29, 0.717) is 33.7 Å². The van der Waals surface area contributed by atoms with Crippen LogP contribution in [0.2, 0.25) is 0 Å². The predicted molar refractivity (Wildman–Crippen MR) is 162 cm³/mol. The molecule has 0 spiro atoms. The summed E-state index contributed by atoms with van der Waals surface area (Å²) in [6.07, 6.45) is 6.96. The Morgan fingerprint density at radius 2 is 1.77 bits per heavy atom. The number of rotatable bonds is 7. The smallest absolute Gasteiger partial charge is 0.282 e. The fourth-order valence-electron chi connectivity index (χ4n) is 4.75. The van der Waals surface area contributed by atoms with Gasteiger partial charge in [-0.1, -0.05) is 68.8 Å². The molecule has 0 saturated heterocycles. The maximum atomic E-state index is 13.6. The number of amides is 1. The Kier molecular flexibility index (Phi) is 8.57. The van der Waals surface area contributed by atoms with Gasteiger partial charge in [-0.15, -0.1) is 0 Å². The van der Waals surface area contributed by atoms with Crippen molar-refractivity contribution < 1.29 is 9.53 Å². The van der Waals surface area contributed by atoms with E-state index in [9.17, 15) is 9.59 Å². The van der Waals surface area contributed by atoms with E-state index >= 15 is 0 Å². The van der Waals surface area contributed by atoms with Crippen molar-refractivity contribution in [3.63, 3.8) is 0 Å². The lowest BCUT2D eigenvalue weighted by Crippen LogP contribution is -2.25. The van der Waals surface area contributed by atoms with Gasteiger partial charge in [-0.25, -0.2) is 4.98 Å². The van der Waals surface area contributed by atoms with Crippen LogP contribution in [0.15, 0.2) is 79.5 Å². The van der Waals surface area contributed by atoms with E-state index in [-0.39, 0.29) is 24.0 Å². The van der Waals surface area contributed by atoms with E-state index in [1.165, 1.54) is 11.1 Å². The molecule has 0 unspecified atom stereocenters. The van der Waals surface area contributed by atoms with Gasteiger partial charge in [0.25, 0.3) is 11.5 Å². The first kappa shape index (κ1) is 27.3. The SMILES string of the molecule is Cc1ccc(NC(=O)COc2ccc(Br)cc2C=Nn2c(C3CCCCC3)nc3ccc(Br)cc3c2=O)cc1. The molecule has 9 heteroatoms. The highest BCUT2D eigenvalue weighted by atomic mass is 79.9. The van der Waals surface area contributed by atoms with Gasteiger partial charge < -0.3 is 10.1 Å². The lowest BCUT2D eigenvalue weighted by molar-refractivity contribution is -0.118. The number of carbonyl (C=O) groups is 1. The Bertz CT molecular complexity index is 1590. The minimum absolute atomic E-state index is 0.167. The number of hydrogen-bond donors (Lipinski definition) is 1. The molecule has 1 aliphatic carbocycles. The number of nitrogens with one attached hydrogen (secondary N) is 1. The van der Waals surface area contributed by atoms with Crippen LogP contribution in [0, 0.1) is 6.92 Å². The molecule has 1 fully saturated rings. The van der Waals surface area contributed by atoms with Crippen molar-refractivity contribution >= 4 is 60.6 Å². The summed E-state index contributed by atoms with van der Waals surface area (Å²) in [5.41, 5.74) is 2.90. The molecule has 4 aromatic rings. The van der Waals surface area contributed by atoms with Crippen LogP contribution in [0.25, 0.3) is 10.9 Å². The third-order valence-corrected chi connectivity index (χ3v) is 7.77. The first-order valence-corrected chi connectivity index (χ1v) is 14.5. The van der Waals surface area contributed by atoms with E-state index in [2.05, 4.69) is 42.3 Å². The molecule has 0 atom stereocenters. The van der Waals surface area contributed by atoms with Crippen LogP contribution in [-0.4, -0.2) is 28.4 Å². The number of aromatic nitrogens is 2. The van der Waals surface area contributed by atoms with E-state index in [0.717, 1.165) is 40.2 Å². The number of anilines is 1. The van der Waals surface area contributed by atoms with Crippen molar-refractivity contribution in [3.05, 3.63) is 96.9 Å². The molecule has 1 aromatic heterocycles. The monoisotopic (exact) mass is 650 g/mol. The Morgan fingerprint density at radius 1 is 1.05 bits per heavy atom. The Hall–Kier alpha value is -3.30. The zero-order valence-corrected chi connectivity index (χ0v) is 24.7. The summed E-state index contributed by atoms with van der Waals surface area (Å²) in [4.78, 5) is 31.0. The third-order valence-electron chi connectivity index (χ3n) is 6.78. The Morgan fingerprint density at radius 3 is 2.54 bits per heavy atom. The zero-order chi connectivity index (χ0) is 27.4. The number of benzene rings is 3. The molecular weight excluding hydrogens is 624 g/mol. The van der Waals surface area contributed by atoms with Gasteiger partial charge >= 0.3 is 0 Å². The fourth-order valence-corrected chi connectivity index (χ4v) is 5.49. The molecule has 39 heavy (non-hydrogen) atoms. The van der Waals surface area contributed by atoms with Gasteiger partial charge in [-0.3, -0.25) is 9.59 Å². The summed E-state index contributed by atoms with van der Waals surface area (Å²) in [5.74, 6) is 1.05. The van der Waals surface area contributed by atoms with E-state index in [1.54, 1.807) is 18.3 Å². The molecule has 1 heterocycles. The van der Waals surface area contributed by atoms with Crippen molar-refractivity contribution in [1.29, 1.82) is 0 Å². The first-order valence-electron chi connectivity index (χ1n) is 12.9. The minimum Gasteiger partial charge on any atom is -0.483 e. The van der Waals surface area contributed by atoms with E-state index in [1.807, 2.05) is 55.5 Å². The first-order chi connectivity index (χ1) is 18.9. The van der Waals surface area contributed by atoms with Gasteiger partial charge in [-0.2, -0.15) is 9.78 Å². The number of carbonyl (C=O) groups excluding carboxylic acids is 1. The standard InChI is InChI=1S/C30H28Br2N4O3/c1-19-7-11-24(12-8-19)34-28(37)18-39-27-14-10-22(31)15-21(27)17-33-36-29(20-5-3-2-4-6-20)35-26-13-9-23(32)16-25(26)30(36)38/h7-17,20H,2-6,18H2,1H3,(H,34,37). The molecule has 5 rings (SSSR count). The Labute approximate surface area is 243 Å². The fraction of sp³-hybridized carbons (Fsp3) is 0.267. The average molecular weight is 652 g/mol. The van der Waals surface area contributed by atoms with Gasteiger partial charge in [0.15, 0.2) is 6.61 Å². The molecule has 0 bridgehead atoms. The number of fused-ring (bicyclic) bond motifs is 1. The highest BCUT2D eigenvalue weighted by Crippen LogP contribution is 2.32. The van der Waals surface area contributed by atoms with Gasteiger partial charge in [-0.05, 0) is 68.3 Å². The maximum absolute atomic E-state index is 13.6. The minimum atomic E-state index is -0.273. The maximum Gasteiger partial charge on any atom is 0.282 e. The normalized spacial score (nSPS) is 14.1. The summed E-state index contributed by atoms with van der Waals surface area (Å²) < 4.78 is 8.92.